The van der Waals surface area contributed by atoms with E-state index in [9.17, 15) is 18.1 Å². The van der Waals surface area contributed by atoms with Crippen molar-refractivity contribution in [3.63, 3.8) is 0 Å². The van der Waals surface area contributed by atoms with Crippen molar-refractivity contribution >= 4 is 10.1 Å². The zero-order valence-corrected chi connectivity index (χ0v) is 21.8. The van der Waals surface area contributed by atoms with Gasteiger partial charge in [0, 0.05) is 5.25 Å². The number of hydrogen-bond acceptors (Lipinski definition) is 4. The Morgan fingerprint density at radius 3 is 1.36 bits per heavy atom. The predicted octanol–water partition coefficient (Wildman–Crippen LogP) is 3.33. The van der Waals surface area contributed by atoms with Crippen LogP contribution in [0.2, 0.25) is 0 Å². The second-order valence-corrected chi connectivity index (χ2v) is 9.93. The number of hydrogen-bond donors (Lipinski definition) is 1. The minimum absolute atomic E-state index is 0. The molecule has 0 heterocycles. The van der Waals surface area contributed by atoms with E-state index in [2.05, 4.69) is 6.92 Å². The van der Waals surface area contributed by atoms with Gasteiger partial charge in [-0.05, 0) is 26.2 Å². The van der Waals surface area contributed by atoms with Crippen LogP contribution in [-0.4, -0.2) is 29.4 Å². The van der Waals surface area contributed by atoms with Crippen LogP contribution in [0.3, 0.4) is 0 Å². The first-order valence-corrected chi connectivity index (χ1v) is 13.0. The van der Waals surface area contributed by atoms with Gasteiger partial charge in [0.2, 0.25) is 0 Å². The Hall–Kier alpha value is 0.870. The fraction of sp³-hybridized carbons (Fsp3) is 1.00. The summed E-state index contributed by atoms with van der Waals surface area (Å²) in [6.45, 7) is 3.98. The smallest absolute Gasteiger partial charge is 0.748 e. The van der Waals surface area contributed by atoms with Crippen LogP contribution in [-0.2, 0) is 10.1 Å². The monoisotopic (exact) mass is 428 g/mol. The van der Waals surface area contributed by atoms with Crippen molar-refractivity contribution in [3.8, 4) is 0 Å². The summed E-state index contributed by atoms with van der Waals surface area (Å²) in [4.78, 5) is 0. The molecule has 6 heteroatoms. The molecular formula is C22H45NaO4S. The van der Waals surface area contributed by atoms with Crippen molar-refractivity contribution in [2.24, 2.45) is 0 Å². The Morgan fingerprint density at radius 2 is 1.00 bits per heavy atom. The summed E-state index contributed by atoms with van der Waals surface area (Å²) >= 11 is 0. The van der Waals surface area contributed by atoms with Crippen LogP contribution in [0.5, 0.6) is 0 Å². The Morgan fingerprint density at radius 1 is 0.679 bits per heavy atom. The van der Waals surface area contributed by atoms with Crippen molar-refractivity contribution in [2.75, 3.05) is 0 Å². The van der Waals surface area contributed by atoms with E-state index >= 15 is 0 Å². The molecule has 0 amide bonds. The molecule has 0 saturated heterocycles. The average Bonchev–Trinajstić information content (AvgIpc) is 2.59. The van der Waals surface area contributed by atoms with Crippen molar-refractivity contribution < 1.29 is 47.6 Å². The van der Waals surface area contributed by atoms with Crippen molar-refractivity contribution in [2.45, 2.75) is 141 Å². The van der Waals surface area contributed by atoms with Gasteiger partial charge in [0.25, 0.3) is 0 Å². The molecule has 0 aliphatic rings. The molecule has 0 fully saturated rings. The fourth-order valence-corrected chi connectivity index (χ4v) is 4.55. The van der Waals surface area contributed by atoms with Gasteiger partial charge in [-0.2, -0.15) is 0 Å². The van der Waals surface area contributed by atoms with Crippen LogP contribution < -0.4 is 29.6 Å². The minimum Gasteiger partial charge on any atom is -0.748 e. The third-order valence-electron chi connectivity index (χ3n) is 5.44. The number of aliphatic hydroxyl groups excluding tert-OH is 1. The van der Waals surface area contributed by atoms with Crippen molar-refractivity contribution in [1.82, 2.24) is 0 Å². The maximum atomic E-state index is 11.4. The van der Waals surface area contributed by atoms with Gasteiger partial charge >= 0.3 is 29.6 Å². The van der Waals surface area contributed by atoms with E-state index < -0.39 is 15.4 Å². The first-order chi connectivity index (χ1) is 12.9. The molecule has 2 unspecified atom stereocenters. The van der Waals surface area contributed by atoms with Crippen LogP contribution in [0.15, 0.2) is 0 Å². The molecule has 2 atom stereocenters. The molecule has 0 spiro atoms. The molecule has 164 valence electrons. The molecule has 0 rings (SSSR count). The molecule has 0 bridgehead atoms. The Labute approximate surface area is 197 Å². The van der Waals surface area contributed by atoms with E-state index in [-0.39, 0.29) is 35.7 Å². The zero-order valence-electron chi connectivity index (χ0n) is 19.0. The van der Waals surface area contributed by atoms with E-state index in [1.54, 1.807) is 6.92 Å². The van der Waals surface area contributed by atoms with E-state index in [0.29, 0.717) is 25.7 Å². The molecule has 0 saturated carbocycles. The second-order valence-electron chi connectivity index (χ2n) is 8.28. The maximum absolute atomic E-state index is 11.4. The Bertz CT molecular complexity index is 413. The molecule has 0 aromatic carbocycles. The Kier molecular flexibility index (Phi) is 23.4. The summed E-state index contributed by atoms with van der Waals surface area (Å²) in [7, 11) is -4.19. The van der Waals surface area contributed by atoms with Crippen LogP contribution in [0.25, 0.3) is 0 Å². The first kappa shape index (κ1) is 31.1. The summed E-state index contributed by atoms with van der Waals surface area (Å²) in [5.74, 6) is 0. The van der Waals surface area contributed by atoms with Gasteiger partial charge in [-0.1, -0.05) is 103 Å². The van der Waals surface area contributed by atoms with E-state index in [4.69, 9.17) is 0 Å². The molecule has 1 N–H and O–H groups in total. The number of rotatable bonds is 20. The van der Waals surface area contributed by atoms with Crippen LogP contribution in [0, 0.1) is 0 Å². The van der Waals surface area contributed by atoms with Crippen LogP contribution in [0.4, 0.5) is 0 Å². The molecule has 4 nitrogen and oxygen atoms in total. The zero-order chi connectivity index (χ0) is 20.4. The molecule has 0 aromatic heterocycles. The molecule has 0 aromatic rings. The van der Waals surface area contributed by atoms with Crippen LogP contribution >= 0.6 is 0 Å². The average molecular weight is 429 g/mol. The van der Waals surface area contributed by atoms with Crippen molar-refractivity contribution in [1.29, 1.82) is 0 Å². The van der Waals surface area contributed by atoms with Crippen LogP contribution in [0.1, 0.15) is 129 Å². The van der Waals surface area contributed by atoms with Gasteiger partial charge in [0.15, 0.2) is 0 Å². The molecule has 0 radical (unpaired) electrons. The fourth-order valence-electron chi connectivity index (χ4n) is 3.63. The summed E-state index contributed by atoms with van der Waals surface area (Å²) in [5, 5.41) is 8.50. The predicted molar refractivity (Wildman–Crippen MR) is 114 cm³/mol. The molecule has 0 aliphatic heterocycles. The SMILES string of the molecule is CCCCCCCCCCCCCCCC(CCCCC(C)O)S(=O)(=O)[O-].[Na+]. The number of aliphatic hydroxyl groups is 1. The van der Waals surface area contributed by atoms with Gasteiger partial charge in [-0.3, -0.25) is 0 Å². The summed E-state index contributed by atoms with van der Waals surface area (Å²) < 4.78 is 34.2. The normalized spacial score (nSPS) is 13.9. The first-order valence-electron chi connectivity index (χ1n) is 11.5. The summed E-state index contributed by atoms with van der Waals surface area (Å²) in [5.41, 5.74) is 0. The molecular weight excluding hydrogens is 383 g/mol. The molecule has 0 aliphatic carbocycles. The van der Waals surface area contributed by atoms with E-state index in [0.717, 1.165) is 25.7 Å². The summed E-state index contributed by atoms with van der Waals surface area (Å²) in [6.07, 6.45) is 19.1. The third kappa shape index (κ3) is 21.6. The standard InChI is InChI=1S/C22H46O4S.Na/c1-3-4-5-6-7-8-9-10-11-12-13-14-15-19-22(27(24,25)26)20-17-16-18-21(2)23;/h21-23H,3-20H2,1-2H3,(H,24,25,26);/q;+1/p-1. The quantitative estimate of drug-likeness (QED) is 0.183. The Balaban J connectivity index is 0. The van der Waals surface area contributed by atoms with Gasteiger partial charge in [-0.25, -0.2) is 8.42 Å². The molecule has 28 heavy (non-hydrogen) atoms. The van der Waals surface area contributed by atoms with E-state index in [1.807, 2.05) is 0 Å². The number of unbranched alkanes of at least 4 members (excludes halogenated alkanes) is 13. The maximum Gasteiger partial charge on any atom is 1.00 e. The van der Waals surface area contributed by atoms with Crippen molar-refractivity contribution in [3.05, 3.63) is 0 Å². The van der Waals surface area contributed by atoms with Gasteiger partial charge in [0.1, 0.15) is 0 Å². The largest absolute Gasteiger partial charge is 1.00 e. The minimum atomic E-state index is -4.19. The third-order valence-corrected chi connectivity index (χ3v) is 6.72. The van der Waals surface area contributed by atoms with E-state index in [1.165, 1.54) is 64.2 Å². The van der Waals surface area contributed by atoms with Gasteiger partial charge in [0.05, 0.1) is 16.2 Å². The topological polar surface area (TPSA) is 77.4 Å². The second kappa shape index (κ2) is 21.1. The van der Waals surface area contributed by atoms with Gasteiger partial charge < -0.3 is 9.66 Å². The van der Waals surface area contributed by atoms with Gasteiger partial charge in [-0.15, -0.1) is 0 Å². The summed E-state index contributed by atoms with van der Waals surface area (Å²) in [6, 6.07) is 0.